The average Bonchev–Trinajstić information content (AvgIpc) is 3.13. The molecule has 0 amide bonds. The Morgan fingerprint density at radius 3 is 2.47 bits per heavy atom. The Bertz CT molecular complexity index is 1260. The monoisotopic (exact) mass is 412 g/mol. The molecule has 30 heavy (non-hydrogen) atoms. The third-order valence-electron chi connectivity index (χ3n) is 4.99. The van der Waals surface area contributed by atoms with Gasteiger partial charge in [-0.3, -0.25) is 4.40 Å². The second kappa shape index (κ2) is 7.18. The first-order chi connectivity index (χ1) is 14.2. The van der Waals surface area contributed by atoms with Crippen LogP contribution in [0.2, 0.25) is 0 Å². The molecule has 4 nitrogen and oxygen atoms in total. The van der Waals surface area contributed by atoms with E-state index in [9.17, 15) is 18.3 Å². The van der Waals surface area contributed by atoms with Crippen LogP contribution in [-0.2, 0) is 5.60 Å². The summed E-state index contributed by atoms with van der Waals surface area (Å²) in [5.74, 6) is -1.43. The average molecular weight is 412 g/mol. The smallest absolute Gasteiger partial charge is 0.174 e. The molecule has 4 rings (SSSR count). The summed E-state index contributed by atoms with van der Waals surface area (Å²) in [4.78, 5) is 4.15. The number of imidazole rings is 1. The van der Waals surface area contributed by atoms with E-state index in [1.54, 1.807) is 18.3 Å². The van der Waals surface area contributed by atoms with E-state index in [4.69, 9.17) is 4.74 Å². The van der Waals surface area contributed by atoms with Crippen molar-refractivity contribution in [3.05, 3.63) is 77.9 Å². The largest absolute Gasteiger partial charge is 0.496 e. The van der Waals surface area contributed by atoms with Crippen LogP contribution in [0.4, 0.5) is 13.2 Å². The molecule has 0 bridgehead atoms. The molecule has 0 aliphatic heterocycles. The molecule has 1 N–H and O–H groups in total. The third-order valence-corrected chi connectivity index (χ3v) is 4.99. The summed E-state index contributed by atoms with van der Waals surface area (Å²) in [6, 6.07) is 9.76. The molecule has 0 saturated heterocycles. The van der Waals surface area contributed by atoms with Gasteiger partial charge < -0.3 is 9.84 Å². The van der Waals surface area contributed by atoms with Crippen molar-refractivity contribution >= 4 is 5.65 Å². The van der Waals surface area contributed by atoms with Crippen LogP contribution in [-0.4, -0.2) is 21.6 Å². The molecular weight excluding hydrogens is 393 g/mol. The summed E-state index contributed by atoms with van der Waals surface area (Å²) in [6.45, 7) is 2.99. The number of rotatable bonds is 4. The highest BCUT2D eigenvalue weighted by atomic mass is 19.1. The van der Waals surface area contributed by atoms with Gasteiger partial charge in [0, 0.05) is 34.5 Å². The van der Waals surface area contributed by atoms with Crippen molar-refractivity contribution in [2.75, 3.05) is 7.11 Å². The van der Waals surface area contributed by atoms with Crippen LogP contribution < -0.4 is 4.74 Å². The summed E-state index contributed by atoms with van der Waals surface area (Å²) in [7, 11) is 1.38. The first kappa shape index (κ1) is 20.0. The number of aliphatic hydroxyl groups is 1. The lowest BCUT2D eigenvalue weighted by molar-refractivity contribution is 0.0746. The maximum atomic E-state index is 14.9. The quantitative estimate of drug-likeness (QED) is 0.493. The lowest BCUT2D eigenvalue weighted by atomic mass is 9.99. The van der Waals surface area contributed by atoms with Gasteiger partial charge >= 0.3 is 0 Å². The molecule has 154 valence electrons. The summed E-state index contributed by atoms with van der Waals surface area (Å²) >= 11 is 0. The molecule has 4 aromatic rings. The fraction of sp³-hybridized carbons (Fsp3) is 0.174. The van der Waals surface area contributed by atoms with E-state index in [2.05, 4.69) is 4.98 Å². The fourth-order valence-corrected chi connectivity index (χ4v) is 3.48. The van der Waals surface area contributed by atoms with E-state index in [0.29, 0.717) is 16.8 Å². The van der Waals surface area contributed by atoms with Crippen LogP contribution in [0.1, 0.15) is 19.4 Å². The first-order valence-corrected chi connectivity index (χ1v) is 9.23. The number of pyridine rings is 1. The lowest BCUT2D eigenvalue weighted by Crippen LogP contribution is -2.18. The van der Waals surface area contributed by atoms with Gasteiger partial charge in [0.2, 0.25) is 0 Å². The first-order valence-electron chi connectivity index (χ1n) is 9.23. The van der Waals surface area contributed by atoms with Crippen LogP contribution in [0.15, 0.2) is 54.9 Å². The zero-order valence-electron chi connectivity index (χ0n) is 16.6. The molecule has 2 aromatic heterocycles. The minimum Gasteiger partial charge on any atom is -0.496 e. The van der Waals surface area contributed by atoms with Gasteiger partial charge in [0.05, 0.1) is 24.6 Å². The predicted molar refractivity (Wildman–Crippen MR) is 108 cm³/mol. The Labute approximate surface area is 171 Å². The Balaban J connectivity index is 1.88. The van der Waals surface area contributed by atoms with E-state index in [1.165, 1.54) is 61.9 Å². The van der Waals surface area contributed by atoms with Gasteiger partial charge in [0.1, 0.15) is 17.4 Å². The SMILES string of the molecule is COc1cc(F)ccc1-c1cc(-c2cnc3c(F)c(C(C)(C)O)ccn23)ccc1F. The third kappa shape index (κ3) is 3.31. The summed E-state index contributed by atoms with van der Waals surface area (Å²) < 4.78 is 49.8. The standard InChI is InChI=1S/C23H19F3N2O2/c1-23(2,29)17-8-9-28-19(12-27-22(28)21(17)26)13-4-7-18(25)16(10-13)15-6-5-14(24)11-20(15)30-3/h4-12,29H,1-3H3. The fourth-order valence-electron chi connectivity index (χ4n) is 3.48. The topological polar surface area (TPSA) is 46.8 Å². The molecular formula is C23H19F3N2O2. The van der Waals surface area contributed by atoms with Crippen molar-refractivity contribution in [1.82, 2.24) is 9.38 Å². The second-order valence-electron chi connectivity index (χ2n) is 7.48. The second-order valence-corrected chi connectivity index (χ2v) is 7.48. The lowest BCUT2D eigenvalue weighted by Gasteiger charge is -2.18. The van der Waals surface area contributed by atoms with Gasteiger partial charge in [-0.15, -0.1) is 0 Å². The molecule has 0 spiro atoms. The maximum Gasteiger partial charge on any atom is 0.174 e. The maximum absolute atomic E-state index is 14.9. The number of fused-ring (bicyclic) bond motifs is 1. The van der Waals surface area contributed by atoms with E-state index < -0.39 is 23.1 Å². The van der Waals surface area contributed by atoms with Gasteiger partial charge in [-0.1, -0.05) is 0 Å². The highest BCUT2D eigenvalue weighted by molar-refractivity contribution is 5.76. The molecule has 0 aliphatic rings. The number of methoxy groups -OCH3 is 1. The molecule has 7 heteroatoms. The molecule has 0 saturated carbocycles. The van der Waals surface area contributed by atoms with Gasteiger partial charge in [0.15, 0.2) is 11.5 Å². The van der Waals surface area contributed by atoms with Crippen molar-refractivity contribution in [3.63, 3.8) is 0 Å². The van der Waals surface area contributed by atoms with Crippen LogP contribution in [0.25, 0.3) is 28.0 Å². The molecule has 2 aromatic carbocycles. The normalized spacial score (nSPS) is 11.8. The molecule has 0 fully saturated rings. The Morgan fingerprint density at radius 2 is 1.77 bits per heavy atom. The van der Waals surface area contributed by atoms with Gasteiger partial charge in [0.25, 0.3) is 0 Å². The van der Waals surface area contributed by atoms with Crippen molar-refractivity contribution in [1.29, 1.82) is 0 Å². The molecule has 0 radical (unpaired) electrons. The van der Waals surface area contributed by atoms with Crippen LogP contribution in [0.5, 0.6) is 5.75 Å². The number of nitrogens with zero attached hydrogens (tertiary/aromatic N) is 2. The van der Waals surface area contributed by atoms with Crippen molar-refractivity contribution < 1.29 is 23.0 Å². The predicted octanol–water partition coefficient (Wildman–Crippen LogP) is 5.32. The summed E-state index contributed by atoms with van der Waals surface area (Å²) in [5, 5.41) is 10.2. The highest BCUT2D eigenvalue weighted by Crippen LogP contribution is 2.36. The van der Waals surface area contributed by atoms with Gasteiger partial charge in [-0.2, -0.15) is 0 Å². The number of hydrogen-bond acceptors (Lipinski definition) is 3. The summed E-state index contributed by atoms with van der Waals surface area (Å²) in [5.41, 5.74) is 0.544. The Hall–Kier alpha value is -3.32. The summed E-state index contributed by atoms with van der Waals surface area (Å²) in [6.07, 6.45) is 3.08. The number of ether oxygens (including phenoxy) is 1. The molecule has 0 atom stereocenters. The molecule has 2 heterocycles. The van der Waals surface area contributed by atoms with E-state index >= 15 is 0 Å². The van der Waals surface area contributed by atoms with Gasteiger partial charge in [-0.25, -0.2) is 18.2 Å². The number of hydrogen-bond donors (Lipinski definition) is 1. The van der Waals surface area contributed by atoms with Crippen LogP contribution >= 0.6 is 0 Å². The van der Waals surface area contributed by atoms with E-state index in [0.717, 1.165) is 0 Å². The zero-order chi connectivity index (χ0) is 21.6. The van der Waals surface area contributed by atoms with Crippen LogP contribution in [0.3, 0.4) is 0 Å². The van der Waals surface area contributed by atoms with Gasteiger partial charge in [-0.05, 0) is 50.2 Å². The van der Waals surface area contributed by atoms with Crippen LogP contribution in [0, 0.1) is 17.5 Å². The highest BCUT2D eigenvalue weighted by Gasteiger charge is 2.24. The van der Waals surface area contributed by atoms with Crippen molar-refractivity contribution in [3.8, 4) is 28.1 Å². The number of benzene rings is 2. The van der Waals surface area contributed by atoms with Crippen molar-refractivity contribution in [2.24, 2.45) is 0 Å². The number of halogens is 3. The van der Waals surface area contributed by atoms with E-state index in [1.807, 2.05) is 0 Å². The van der Waals surface area contributed by atoms with E-state index in [-0.39, 0.29) is 22.5 Å². The Kier molecular flexibility index (Phi) is 4.78. The van der Waals surface area contributed by atoms with Crippen molar-refractivity contribution in [2.45, 2.75) is 19.4 Å². The number of aromatic nitrogens is 2. The minimum atomic E-state index is -1.36. The molecule has 0 aliphatic carbocycles. The molecule has 0 unspecified atom stereocenters. The zero-order valence-corrected chi connectivity index (χ0v) is 16.6. The minimum absolute atomic E-state index is 0.0508. The Morgan fingerprint density at radius 1 is 1.00 bits per heavy atom.